The van der Waals surface area contributed by atoms with Gasteiger partial charge in [0.15, 0.2) is 6.61 Å². The molecule has 0 saturated heterocycles. The maximum atomic E-state index is 12.1. The summed E-state index contributed by atoms with van der Waals surface area (Å²) in [7, 11) is 0. The number of amides is 1. The zero-order chi connectivity index (χ0) is 17.8. The Balaban J connectivity index is 1.55. The van der Waals surface area contributed by atoms with Crippen LogP contribution in [0.1, 0.15) is 48.6 Å². The van der Waals surface area contributed by atoms with Crippen molar-refractivity contribution in [3.63, 3.8) is 0 Å². The van der Waals surface area contributed by atoms with Crippen LogP contribution in [0.2, 0.25) is 0 Å². The summed E-state index contributed by atoms with van der Waals surface area (Å²) >= 11 is 1.47. The lowest BCUT2D eigenvalue weighted by atomic mass is 9.89. The van der Waals surface area contributed by atoms with Crippen molar-refractivity contribution in [2.45, 2.75) is 45.4 Å². The molecular weight excluding hydrogens is 336 g/mol. The molecule has 3 rings (SSSR count). The molecule has 1 amide bonds. The smallest absolute Gasteiger partial charge is 0.306 e. The third-order valence-electron chi connectivity index (χ3n) is 4.78. The van der Waals surface area contributed by atoms with Gasteiger partial charge < -0.3 is 10.1 Å². The predicted octanol–water partition coefficient (Wildman–Crippen LogP) is 3.58. The van der Waals surface area contributed by atoms with Gasteiger partial charge in [-0.2, -0.15) is 5.26 Å². The van der Waals surface area contributed by atoms with Gasteiger partial charge in [-0.1, -0.05) is 19.1 Å². The average molecular weight is 358 g/mol. The monoisotopic (exact) mass is 358 g/mol. The van der Waals surface area contributed by atoms with Gasteiger partial charge in [0, 0.05) is 4.88 Å². The molecule has 1 aromatic heterocycles. The van der Waals surface area contributed by atoms with Crippen molar-refractivity contribution in [2.24, 2.45) is 11.8 Å². The summed E-state index contributed by atoms with van der Waals surface area (Å²) in [6.07, 6.45) is 9.27. The fourth-order valence-corrected chi connectivity index (χ4v) is 4.78. The number of nitrogens with one attached hydrogen (secondary N) is 1. The van der Waals surface area contributed by atoms with Gasteiger partial charge in [0.05, 0.1) is 12.0 Å². The number of allylic oxidation sites excluding steroid dienone is 2. The van der Waals surface area contributed by atoms with E-state index in [1.54, 1.807) is 0 Å². The van der Waals surface area contributed by atoms with Crippen molar-refractivity contribution < 1.29 is 14.3 Å². The van der Waals surface area contributed by atoms with Crippen LogP contribution in [0.4, 0.5) is 5.00 Å². The highest BCUT2D eigenvalue weighted by Crippen LogP contribution is 2.39. The predicted molar refractivity (Wildman–Crippen MR) is 96.3 cm³/mol. The van der Waals surface area contributed by atoms with Gasteiger partial charge in [0.2, 0.25) is 0 Å². The van der Waals surface area contributed by atoms with Gasteiger partial charge in [-0.15, -0.1) is 11.3 Å². The minimum absolute atomic E-state index is 0.228. The van der Waals surface area contributed by atoms with Crippen molar-refractivity contribution in [3.8, 4) is 6.07 Å². The number of hydrogen-bond donors (Lipinski definition) is 1. The van der Waals surface area contributed by atoms with Crippen LogP contribution in [0, 0.1) is 23.2 Å². The van der Waals surface area contributed by atoms with E-state index in [2.05, 4.69) is 24.4 Å². The molecule has 132 valence electrons. The van der Waals surface area contributed by atoms with E-state index < -0.39 is 5.91 Å². The number of carbonyl (C=O) groups excluding carboxylic acids is 2. The summed E-state index contributed by atoms with van der Waals surface area (Å²) in [5, 5.41) is 12.8. The molecule has 25 heavy (non-hydrogen) atoms. The summed E-state index contributed by atoms with van der Waals surface area (Å²) in [4.78, 5) is 25.1. The quantitative estimate of drug-likeness (QED) is 0.644. The van der Waals surface area contributed by atoms with E-state index in [9.17, 15) is 14.9 Å². The maximum absolute atomic E-state index is 12.1. The minimum Gasteiger partial charge on any atom is -0.456 e. The van der Waals surface area contributed by atoms with Crippen molar-refractivity contribution >= 4 is 28.2 Å². The van der Waals surface area contributed by atoms with Crippen molar-refractivity contribution in [2.75, 3.05) is 11.9 Å². The normalized spacial score (nSPS) is 21.4. The van der Waals surface area contributed by atoms with E-state index in [-0.39, 0.29) is 18.5 Å². The molecular formula is C19H22N2O3S. The molecule has 0 bridgehead atoms. The number of rotatable bonds is 5. The maximum Gasteiger partial charge on any atom is 0.306 e. The van der Waals surface area contributed by atoms with Crippen LogP contribution in [0.15, 0.2) is 12.2 Å². The average Bonchev–Trinajstić information content (AvgIpc) is 3.19. The topological polar surface area (TPSA) is 79.2 Å². The zero-order valence-electron chi connectivity index (χ0n) is 14.3. The number of ether oxygens (including phenoxy) is 1. The Labute approximate surface area is 151 Å². The van der Waals surface area contributed by atoms with Crippen LogP contribution in [-0.4, -0.2) is 18.5 Å². The highest BCUT2D eigenvalue weighted by molar-refractivity contribution is 7.16. The van der Waals surface area contributed by atoms with Gasteiger partial charge >= 0.3 is 5.97 Å². The molecule has 1 heterocycles. The van der Waals surface area contributed by atoms with Crippen molar-refractivity contribution in [3.05, 3.63) is 28.2 Å². The highest BCUT2D eigenvalue weighted by Gasteiger charge is 2.25. The second-order valence-electron chi connectivity index (χ2n) is 6.85. The number of anilines is 1. The SMILES string of the molecule is C[C@H]1CCc2c(sc(NC(=O)COC(=O)C[C@H]3C=CCC3)c2C#N)C1. The molecule has 1 aromatic rings. The molecule has 0 spiro atoms. The molecule has 0 radical (unpaired) electrons. The largest absolute Gasteiger partial charge is 0.456 e. The highest BCUT2D eigenvalue weighted by atomic mass is 32.1. The van der Waals surface area contributed by atoms with Crippen LogP contribution in [0.25, 0.3) is 0 Å². The second-order valence-corrected chi connectivity index (χ2v) is 7.95. The summed E-state index contributed by atoms with van der Waals surface area (Å²) < 4.78 is 5.07. The number of carbonyl (C=O) groups is 2. The van der Waals surface area contributed by atoms with Gasteiger partial charge in [-0.25, -0.2) is 0 Å². The van der Waals surface area contributed by atoms with E-state index in [4.69, 9.17) is 4.74 Å². The number of esters is 1. The van der Waals surface area contributed by atoms with E-state index in [1.165, 1.54) is 16.2 Å². The molecule has 0 aromatic carbocycles. The summed E-state index contributed by atoms with van der Waals surface area (Å²) in [5.41, 5.74) is 1.65. The first kappa shape index (κ1) is 17.7. The van der Waals surface area contributed by atoms with E-state index in [0.29, 0.717) is 22.9 Å². The van der Waals surface area contributed by atoms with Crippen LogP contribution >= 0.6 is 11.3 Å². The first-order valence-electron chi connectivity index (χ1n) is 8.73. The molecule has 2 aliphatic carbocycles. The number of nitrogens with zero attached hydrogens (tertiary/aromatic N) is 1. The minimum atomic E-state index is -0.390. The first-order chi connectivity index (χ1) is 12.1. The molecule has 0 fully saturated rings. The number of thiophene rings is 1. The Kier molecular flexibility index (Phi) is 5.54. The van der Waals surface area contributed by atoms with Gasteiger partial charge in [0.1, 0.15) is 11.1 Å². The van der Waals surface area contributed by atoms with Crippen LogP contribution in [0.5, 0.6) is 0 Å². The molecule has 0 saturated carbocycles. The fourth-order valence-electron chi connectivity index (χ4n) is 3.40. The molecule has 0 aliphatic heterocycles. The van der Waals surface area contributed by atoms with Crippen LogP contribution in [0.3, 0.4) is 0 Å². The molecule has 6 heteroatoms. The summed E-state index contributed by atoms with van der Waals surface area (Å²) in [5.74, 6) is 0.0866. The van der Waals surface area contributed by atoms with E-state index >= 15 is 0 Å². The molecule has 0 unspecified atom stereocenters. The van der Waals surface area contributed by atoms with E-state index in [0.717, 1.165) is 37.7 Å². The number of hydrogen-bond acceptors (Lipinski definition) is 5. The first-order valence-corrected chi connectivity index (χ1v) is 9.55. The van der Waals surface area contributed by atoms with Gasteiger partial charge in [0.25, 0.3) is 5.91 Å². The standard InChI is InChI=1S/C19H22N2O3S/c1-12-6-7-14-15(10-20)19(25-16(14)8-12)21-17(22)11-24-18(23)9-13-4-2-3-5-13/h2,4,12-13H,3,5-9,11H2,1H3,(H,21,22)/t12-,13-/m0/s1. The molecule has 2 aliphatic rings. The van der Waals surface area contributed by atoms with Gasteiger partial charge in [-0.05, 0) is 49.5 Å². The van der Waals surface area contributed by atoms with Gasteiger partial charge in [-0.3, -0.25) is 9.59 Å². The Bertz CT molecular complexity index is 745. The number of nitriles is 1. The molecule has 2 atom stereocenters. The van der Waals surface area contributed by atoms with E-state index in [1.807, 2.05) is 6.08 Å². The third-order valence-corrected chi connectivity index (χ3v) is 5.95. The Morgan fingerprint density at radius 1 is 1.44 bits per heavy atom. The third kappa shape index (κ3) is 4.29. The Morgan fingerprint density at radius 2 is 2.28 bits per heavy atom. The van der Waals surface area contributed by atoms with Crippen molar-refractivity contribution in [1.82, 2.24) is 0 Å². The summed E-state index contributed by atoms with van der Waals surface area (Å²) in [6, 6.07) is 2.22. The fraction of sp³-hybridized carbons (Fsp3) is 0.526. The lowest BCUT2D eigenvalue weighted by molar-refractivity contribution is -0.147. The lowest BCUT2D eigenvalue weighted by Gasteiger charge is -2.17. The molecule has 5 nitrogen and oxygen atoms in total. The Morgan fingerprint density at radius 3 is 3.00 bits per heavy atom. The Hall–Kier alpha value is -2.13. The second kappa shape index (κ2) is 7.83. The number of fused-ring (bicyclic) bond motifs is 1. The van der Waals surface area contributed by atoms with Crippen molar-refractivity contribution in [1.29, 1.82) is 5.26 Å². The summed E-state index contributed by atoms with van der Waals surface area (Å²) in [6.45, 7) is 1.89. The van der Waals surface area contributed by atoms with Crippen LogP contribution < -0.4 is 5.32 Å². The lowest BCUT2D eigenvalue weighted by Crippen LogP contribution is -2.21. The molecule has 1 N–H and O–H groups in total. The zero-order valence-corrected chi connectivity index (χ0v) is 15.2. The van der Waals surface area contributed by atoms with Crippen LogP contribution in [-0.2, 0) is 27.2 Å².